The fraction of sp³-hybridized carbons (Fsp3) is 0.750. The third-order valence-corrected chi connectivity index (χ3v) is 2.36. The van der Waals surface area contributed by atoms with E-state index in [1.807, 2.05) is 26.8 Å². The molecule has 0 bridgehead atoms. The molecule has 0 fully saturated rings. The maximum Gasteiger partial charge on any atom is 0.389 e. The van der Waals surface area contributed by atoms with E-state index in [4.69, 9.17) is 0 Å². The summed E-state index contributed by atoms with van der Waals surface area (Å²) in [5, 5.41) is 0. The molecule has 0 aromatic heterocycles. The van der Waals surface area contributed by atoms with Gasteiger partial charge in [0.15, 0.2) is 0 Å². The Hall–Kier alpha value is -1.00. The van der Waals surface area contributed by atoms with Crippen LogP contribution < -0.4 is 0 Å². The predicted octanol–water partition coefficient (Wildman–Crippen LogP) is 3.74. The van der Waals surface area contributed by atoms with Gasteiger partial charge in [0, 0.05) is 19.2 Å². The molecule has 17 heavy (non-hydrogen) atoms. The smallest absolute Gasteiger partial charge is 0.319 e. The van der Waals surface area contributed by atoms with E-state index in [-0.39, 0.29) is 0 Å². The summed E-state index contributed by atoms with van der Waals surface area (Å²) in [5.41, 5.74) is 0. The molecule has 0 saturated carbocycles. The fourth-order valence-electron chi connectivity index (χ4n) is 1.36. The minimum atomic E-state index is -4.25. The molecule has 5 heteroatoms. The molecule has 0 radical (unpaired) electrons. The molecule has 0 spiro atoms. The van der Waals surface area contributed by atoms with Gasteiger partial charge in [-0.25, -0.2) is 0 Å². The first-order chi connectivity index (χ1) is 7.88. The molecule has 2 nitrogen and oxygen atoms in total. The minimum absolute atomic E-state index is 0.400. The largest absolute Gasteiger partial charge is 0.389 e. The molecule has 100 valence electrons. The van der Waals surface area contributed by atoms with Crippen LogP contribution in [0.1, 0.15) is 40.0 Å². The highest BCUT2D eigenvalue weighted by Gasteiger charge is 2.29. The molecule has 1 aliphatic heterocycles. The zero-order valence-electron chi connectivity index (χ0n) is 10.5. The van der Waals surface area contributed by atoms with Crippen LogP contribution in [-0.2, 0) is 4.79 Å². The highest BCUT2D eigenvalue weighted by Crippen LogP contribution is 2.22. The van der Waals surface area contributed by atoms with Gasteiger partial charge < -0.3 is 4.90 Å². The highest BCUT2D eigenvalue weighted by molar-refractivity contribution is 5.77. The van der Waals surface area contributed by atoms with Crippen LogP contribution in [0.5, 0.6) is 0 Å². The van der Waals surface area contributed by atoms with Gasteiger partial charge in [-0.05, 0) is 12.3 Å². The Balaban J connectivity index is 0.00000121. The van der Waals surface area contributed by atoms with E-state index in [9.17, 15) is 18.0 Å². The zero-order chi connectivity index (χ0) is 13.5. The van der Waals surface area contributed by atoms with Gasteiger partial charge in [-0.15, -0.1) is 0 Å². The summed E-state index contributed by atoms with van der Waals surface area (Å²) in [4.78, 5) is 12.7. The van der Waals surface area contributed by atoms with Crippen LogP contribution in [0.2, 0.25) is 0 Å². The lowest BCUT2D eigenvalue weighted by molar-refractivity contribution is -0.147. The van der Waals surface area contributed by atoms with Crippen molar-refractivity contribution in [1.29, 1.82) is 0 Å². The Morgan fingerprint density at radius 3 is 2.41 bits per heavy atom. The average Bonchev–Trinajstić information content (AvgIpc) is 2.29. The van der Waals surface area contributed by atoms with Gasteiger partial charge in [0.05, 0.1) is 6.42 Å². The number of nitrogens with zero attached hydrogens (tertiary/aromatic N) is 1. The van der Waals surface area contributed by atoms with E-state index in [1.54, 1.807) is 6.20 Å². The van der Waals surface area contributed by atoms with Gasteiger partial charge in [0.25, 0.3) is 0 Å². The number of hydrogen-bond donors (Lipinski definition) is 0. The van der Waals surface area contributed by atoms with Gasteiger partial charge >= 0.3 is 6.18 Å². The average molecular weight is 251 g/mol. The summed E-state index contributed by atoms with van der Waals surface area (Å²) in [5.74, 6) is -0.0489. The number of hydrogen-bond acceptors (Lipinski definition) is 1. The lowest BCUT2D eigenvalue weighted by Gasteiger charge is -2.24. The summed E-state index contributed by atoms with van der Waals surface area (Å²) in [6.07, 6.45) is -1.49. The van der Waals surface area contributed by atoms with E-state index in [0.717, 1.165) is 6.42 Å². The molecule has 1 heterocycles. The maximum absolute atomic E-state index is 11.9. The molecule has 0 aliphatic carbocycles. The molecule has 0 saturated heterocycles. The highest BCUT2D eigenvalue weighted by atomic mass is 19.4. The van der Waals surface area contributed by atoms with E-state index in [2.05, 4.69) is 0 Å². The van der Waals surface area contributed by atoms with Gasteiger partial charge in [-0.3, -0.25) is 4.79 Å². The molecule has 1 aliphatic rings. The van der Waals surface area contributed by atoms with Crippen LogP contribution in [0.3, 0.4) is 0 Å². The normalized spacial score (nSPS) is 19.6. The third kappa shape index (κ3) is 7.02. The Labute approximate surface area is 100 Å². The Morgan fingerprint density at radius 2 is 2.00 bits per heavy atom. The first-order valence-corrected chi connectivity index (χ1v) is 5.93. The lowest BCUT2D eigenvalue weighted by Crippen LogP contribution is -2.31. The van der Waals surface area contributed by atoms with Gasteiger partial charge in [0.1, 0.15) is 0 Å². The summed E-state index contributed by atoms with van der Waals surface area (Å²) >= 11 is 0. The topological polar surface area (TPSA) is 20.3 Å². The Kier molecular flexibility index (Phi) is 6.92. The first-order valence-electron chi connectivity index (χ1n) is 5.93. The summed E-state index contributed by atoms with van der Waals surface area (Å²) in [7, 11) is 0. The summed E-state index contributed by atoms with van der Waals surface area (Å²) in [6.45, 7) is 6.53. The van der Waals surface area contributed by atoms with Crippen molar-refractivity contribution in [3.63, 3.8) is 0 Å². The number of allylic oxidation sites excluding steroid dienone is 1. The second-order valence-electron chi connectivity index (χ2n) is 3.81. The van der Waals surface area contributed by atoms with Crippen molar-refractivity contribution in [1.82, 2.24) is 4.90 Å². The number of alkyl halides is 3. The number of rotatable bonds is 2. The quantitative estimate of drug-likeness (QED) is 0.732. The second kappa shape index (κ2) is 7.35. The molecular formula is C12H20F3NO. The van der Waals surface area contributed by atoms with Crippen molar-refractivity contribution < 1.29 is 18.0 Å². The van der Waals surface area contributed by atoms with E-state index in [1.165, 1.54) is 4.90 Å². The number of carbonyl (C=O) groups is 1. The maximum atomic E-state index is 11.9. The molecule has 1 unspecified atom stereocenters. The lowest BCUT2D eigenvalue weighted by atomic mass is 10.0. The van der Waals surface area contributed by atoms with Crippen molar-refractivity contribution in [2.24, 2.45) is 5.92 Å². The molecular weight excluding hydrogens is 231 g/mol. The first kappa shape index (κ1) is 16.0. The van der Waals surface area contributed by atoms with Crippen molar-refractivity contribution >= 4 is 5.91 Å². The standard InChI is InChI=1S/C10H14F3NO.C2H6/c1-8-3-6-14(7-4-8)9(15)2-5-10(11,12)13;1-2/h3,6,8H,2,4-5,7H2,1H3;1-2H3. The van der Waals surface area contributed by atoms with Gasteiger partial charge in [0.2, 0.25) is 5.91 Å². The fourth-order valence-corrected chi connectivity index (χ4v) is 1.36. The van der Waals surface area contributed by atoms with Crippen LogP contribution >= 0.6 is 0 Å². The van der Waals surface area contributed by atoms with Crippen LogP contribution in [0, 0.1) is 5.92 Å². The Morgan fingerprint density at radius 1 is 1.41 bits per heavy atom. The number of carbonyl (C=O) groups excluding carboxylic acids is 1. The molecule has 1 atom stereocenters. The van der Waals surface area contributed by atoms with E-state index >= 15 is 0 Å². The molecule has 1 amide bonds. The van der Waals surface area contributed by atoms with Crippen molar-refractivity contribution in [3.8, 4) is 0 Å². The molecule has 1 rings (SSSR count). The zero-order valence-corrected chi connectivity index (χ0v) is 10.5. The minimum Gasteiger partial charge on any atom is -0.319 e. The molecule has 0 aromatic rings. The van der Waals surface area contributed by atoms with Crippen molar-refractivity contribution in [2.75, 3.05) is 6.54 Å². The molecule has 0 N–H and O–H groups in total. The summed E-state index contributed by atoms with van der Waals surface area (Å²) in [6, 6.07) is 0. The monoisotopic (exact) mass is 251 g/mol. The second-order valence-corrected chi connectivity index (χ2v) is 3.81. The van der Waals surface area contributed by atoms with E-state index in [0.29, 0.717) is 12.5 Å². The van der Waals surface area contributed by atoms with E-state index < -0.39 is 24.9 Å². The molecule has 0 aromatic carbocycles. The van der Waals surface area contributed by atoms with Crippen molar-refractivity contribution in [3.05, 3.63) is 12.3 Å². The Bertz CT molecular complexity index is 261. The van der Waals surface area contributed by atoms with Crippen LogP contribution in [0.15, 0.2) is 12.3 Å². The van der Waals surface area contributed by atoms with Crippen LogP contribution in [0.25, 0.3) is 0 Å². The van der Waals surface area contributed by atoms with Crippen LogP contribution in [-0.4, -0.2) is 23.5 Å². The summed E-state index contributed by atoms with van der Waals surface area (Å²) < 4.78 is 35.6. The van der Waals surface area contributed by atoms with Crippen molar-refractivity contribution in [2.45, 2.75) is 46.2 Å². The SMILES string of the molecule is CC.CC1C=CN(C(=O)CCC(F)(F)F)CC1. The predicted molar refractivity (Wildman–Crippen MR) is 61.3 cm³/mol. The number of amides is 1. The number of halogens is 3. The van der Waals surface area contributed by atoms with Gasteiger partial charge in [-0.2, -0.15) is 13.2 Å². The van der Waals surface area contributed by atoms with Crippen LogP contribution in [0.4, 0.5) is 13.2 Å². The third-order valence-electron chi connectivity index (χ3n) is 2.36. The van der Waals surface area contributed by atoms with Gasteiger partial charge in [-0.1, -0.05) is 26.8 Å².